The first-order valence-corrected chi connectivity index (χ1v) is 16.4. The van der Waals surface area contributed by atoms with E-state index < -0.39 is 5.92 Å². The summed E-state index contributed by atoms with van der Waals surface area (Å²) in [6, 6.07) is 23.0. The zero-order valence-electron chi connectivity index (χ0n) is 26.8. The summed E-state index contributed by atoms with van der Waals surface area (Å²) >= 11 is 0. The molecule has 3 N–H and O–H groups in total. The summed E-state index contributed by atoms with van der Waals surface area (Å²) in [5, 5.41) is 11.0. The number of amidine groups is 1. The number of hydrogen-bond donors (Lipinski definition) is 2. The molecular formula is C37H44N6O3. The van der Waals surface area contributed by atoms with Gasteiger partial charge in [-0.3, -0.25) is 14.4 Å². The molecule has 3 aromatic rings. The van der Waals surface area contributed by atoms with Crippen molar-refractivity contribution in [2.75, 3.05) is 31.6 Å². The molecular weight excluding hydrogens is 576 g/mol. The number of carbonyl (C=O) groups is 3. The fourth-order valence-corrected chi connectivity index (χ4v) is 6.42. The van der Waals surface area contributed by atoms with E-state index in [1.54, 1.807) is 0 Å². The monoisotopic (exact) mass is 620 g/mol. The number of ketones is 1. The van der Waals surface area contributed by atoms with Crippen LogP contribution in [0.15, 0.2) is 88.0 Å². The Morgan fingerprint density at radius 1 is 0.891 bits per heavy atom. The van der Waals surface area contributed by atoms with Crippen LogP contribution in [0.2, 0.25) is 0 Å². The fraction of sp³-hybridized carbons (Fsp3) is 0.405. The lowest BCUT2D eigenvalue weighted by Crippen LogP contribution is -2.31. The number of anilines is 1. The van der Waals surface area contributed by atoms with Gasteiger partial charge < -0.3 is 16.0 Å². The molecule has 1 fully saturated rings. The summed E-state index contributed by atoms with van der Waals surface area (Å²) < 4.78 is 0. The summed E-state index contributed by atoms with van der Waals surface area (Å²) in [6.45, 7) is 6.24. The zero-order valence-corrected chi connectivity index (χ0v) is 26.8. The third-order valence-corrected chi connectivity index (χ3v) is 9.27. The topological polar surface area (TPSA) is 130 Å². The first-order chi connectivity index (χ1) is 22.4. The van der Waals surface area contributed by atoms with Gasteiger partial charge in [0.15, 0.2) is 12.5 Å². The Hall–Kier alpha value is -4.50. The summed E-state index contributed by atoms with van der Waals surface area (Å²) in [7, 11) is 0. The summed E-state index contributed by atoms with van der Waals surface area (Å²) in [5.41, 5.74) is 10.8. The SMILES string of the molecule is CCN(CC)C(=O)c1ccccc1-c1ccc(C[C@H](CC(=O)C2CCC(CN)CC2)C(=O)Nc2ccc(C3=NCN=N3)cc2)cc1. The Morgan fingerprint density at radius 3 is 2.20 bits per heavy atom. The third-order valence-electron chi connectivity index (χ3n) is 9.27. The smallest absolute Gasteiger partial charge is 0.254 e. The number of benzene rings is 3. The van der Waals surface area contributed by atoms with Gasteiger partial charge in [-0.1, -0.05) is 42.5 Å². The second-order valence-corrected chi connectivity index (χ2v) is 12.2. The first kappa shape index (κ1) is 32.9. The van der Waals surface area contributed by atoms with E-state index in [1.807, 2.05) is 91.5 Å². The number of carbonyl (C=O) groups excluding carboxylic acids is 3. The maximum Gasteiger partial charge on any atom is 0.254 e. The van der Waals surface area contributed by atoms with Gasteiger partial charge in [0.05, 0.1) is 0 Å². The fourth-order valence-electron chi connectivity index (χ4n) is 6.42. The maximum absolute atomic E-state index is 13.7. The Kier molecular flexibility index (Phi) is 11.2. The molecule has 1 aliphatic heterocycles. The lowest BCUT2D eigenvalue weighted by atomic mass is 9.77. The number of amides is 2. The van der Waals surface area contributed by atoms with Gasteiger partial charge in [-0.25, -0.2) is 4.99 Å². The number of nitrogens with one attached hydrogen (secondary N) is 1. The van der Waals surface area contributed by atoms with Crippen molar-refractivity contribution < 1.29 is 14.4 Å². The maximum atomic E-state index is 13.7. The molecule has 240 valence electrons. The number of nitrogens with zero attached hydrogens (tertiary/aromatic N) is 4. The van der Waals surface area contributed by atoms with Crippen molar-refractivity contribution >= 4 is 29.1 Å². The minimum atomic E-state index is -0.533. The van der Waals surface area contributed by atoms with E-state index in [0.29, 0.717) is 55.7 Å². The molecule has 1 aliphatic carbocycles. The molecule has 0 saturated heterocycles. The van der Waals surface area contributed by atoms with Crippen LogP contribution in [0.5, 0.6) is 0 Å². The average Bonchev–Trinajstić information content (AvgIpc) is 3.64. The van der Waals surface area contributed by atoms with Gasteiger partial charge in [0.25, 0.3) is 5.91 Å². The molecule has 2 amide bonds. The molecule has 0 unspecified atom stereocenters. The summed E-state index contributed by atoms with van der Waals surface area (Å²) in [5.74, 6) is 0.470. The normalized spacial score (nSPS) is 18.1. The number of rotatable bonds is 13. The van der Waals surface area contributed by atoms with Crippen LogP contribution in [0.3, 0.4) is 0 Å². The van der Waals surface area contributed by atoms with Crippen LogP contribution in [-0.2, 0) is 16.0 Å². The van der Waals surface area contributed by atoms with Crippen molar-refractivity contribution in [3.05, 3.63) is 89.5 Å². The quantitative estimate of drug-likeness (QED) is 0.225. The number of azo groups is 1. The van der Waals surface area contributed by atoms with E-state index in [4.69, 9.17) is 5.73 Å². The van der Waals surface area contributed by atoms with Crippen LogP contribution < -0.4 is 11.1 Å². The summed E-state index contributed by atoms with van der Waals surface area (Å²) in [4.78, 5) is 46.5. The molecule has 9 nitrogen and oxygen atoms in total. The Morgan fingerprint density at radius 2 is 1.57 bits per heavy atom. The third kappa shape index (κ3) is 8.01. The second kappa shape index (κ2) is 15.7. The molecule has 0 bridgehead atoms. The summed E-state index contributed by atoms with van der Waals surface area (Å²) in [6.07, 6.45) is 4.19. The molecule has 0 radical (unpaired) electrons. The number of hydrogen-bond acceptors (Lipinski definition) is 7. The van der Waals surface area contributed by atoms with Crippen LogP contribution in [-0.4, -0.2) is 54.6 Å². The van der Waals surface area contributed by atoms with E-state index in [-0.39, 0.29) is 29.9 Å². The minimum Gasteiger partial charge on any atom is -0.339 e. The lowest BCUT2D eigenvalue weighted by Gasteiger charge is -2.27. The van der Waals surface area contributed by atoms with Crippen LogP contribution in [0.25, 0.3) is 11.1 Å². The van der Waals surface area contributed by atoms with E-state index in [1.165, 1.54) is 0 Å². The standard InChI is InChI=1S/C37H44N6O3/c1-3-43(4-2)37(46)33-8-6-5-7-32(33)27-13-9-25(10-14-27)21-30(22-34(44)28-15-11-26(23-38)12-16-28)36(45)41-31-19-17-29(18-20-31)35-39-24-40-42-35/h5-10,13-14,17-20,26,28,30H,3-4,11-12,15-16,21-24,38H2,1-2H3,(H,41,45)/t26?,28?,30-/m1/s1. The molecule has 0 spiro atoms. The van der Waals surface area contributed by atoms with Gasteiger partial charge in [0.1, 0.15) is 5.78 Å². The highest BCUT2D eigenvalue weighted by Crippen LogP contribution is 2.32. The lowest BCUT2D eigenvalue weighted by molar-refractivity contribution is -0.129. The van der Waals surface area contributed by atoms with E-state index in [9.17, 15) is 14.4 Å². The van der Waals surface area contributed by atoms with Crippen LogP contribution >= 0.6 is 0 Å². The van der Waals surface area contributed by atoms with E-state index >= 15 is 0 Å². The van der Waals surface area contributed by atoms with Gasteiger partial charge in [0, 0.05) is 48.2 Å². The van der Waals surface area contributed by atoms with E-state index in [0.717, 1.165) is 47.9 Å². The molecule has 2 aliphatic rings. The first-order valence-electron chi connectivity index (χ1n) is 16.4. The van der Waals surface area contributed by atoms with E-state index in [2.05, 4.69) is 20.5 Å². The molecule has 5 rings (SSSR count). The van der Waals surface area contributed by atoms with Crippen LogP contribution in [0.4, 0.5) is 5.69 Å². The van der Waals surface area contributed by atoms with Gasteiger partial charge in [-0.05, 0) is 105 Å². The average molecular weight is 621 g/mol. The van der Waals surface area contributed by atoms with Gasteiger partial charge in [-0.15, -0.1) is 5.11 Å². The van der Waals surface area contributed by atoms with Crippen molar-refractivity contribution in [1.82, 2.24) is 4.90 Å². The highest BCUT2D eigenvalue weighted by atomic mass is 16.2. The van der Waals surface area contributed by atoms with Crippen molar-refractivity contribution in [3.8, 4) is 11.1 Å². The van der Waals surface area contributed by atoms with Crippen molar-refractivity contribution in [3.63, 3.8) is 0 Å². The van der Waals surface area contributed by atoms with Gasteiger partial charge >= 0.3 is 0 Å². The van der Waals surface area contributed by atoms with Crippen LogP contribution in [0, 0.1) is 17.8 Å². The minimum absolute atomic E-state index is 0.00841. The highest BCUT2D eigenvalue weighted by molar-refractivity contribution is 6.02. The number of nitrogens with two attached hydrogens (primary N) is 1. The van der Waals surface area contributed by atoms with Gasteiger partial charge in [-0.2, -0.15) is 5.11 Å². The largest absolute Gasteiger partial charge is 0.339 e. The predicted molar refractivity (Wildman–Crippen MR) is 182 cm³/mol. The van der Waals surface area contributed by atoms with Crippen molar-refractivity contribution in [1.29, 1.82) is 0 Å². The molecule has 1 atom stereocenters. The van der Waals surface area contributed by atoms with Crippen LogP contribution in [0.1, 0.15) is 67.4 Å². The predicted octanol–water partition coefficient (Wildman–Crippen LogP) is 6.53. The highest BCUT2D eigenvalue weighted by Gasteiger charge is 2.30. The Balaban J connectivity index is 1.33. The number of Topliss-reactive ketones (excluding diaryl/α,β-unsaturated/α-hetero) is 1. The molecule has 9 heteroatoms. The second-order valence-electron chi connectivity index (χ2n) is 12.2. The Bertz CT molecular complexity index is 1570. The number of aliphatic imine (C=N–C) groups is 1. The molecule has 1 saturated carbocycles. The Labute approximate surface area is 271 Å². The van der Waals surface area contributed by atoms with Gasteiger partial charge in [0.2, 0.25) is 5.91 Å². The molecule has 3 aromatic carbocycles. The van der Waals surface area contributed by atoms with Crippen molar-refractivity contribution in [2.45, 2.75) is 52.4 Å². The molecule has 1 heterocycles. The zero-order chi connectivity index (χ0) is 32.5. The van der Waals surface area contributed by atoms with Crippen molar-refractivity contribution in [2.24, 2.45) is 38.7 Å². The molecule has 0 aromatic heterocycles. The molecule has 46 heavy (non-hydrogen) atoms.